The second-order valence-corrected chi connectivity index (χ2v) is 5.65. The van der Waals surface area contributed by atoms with Gasteiger partial charge in [-0.2, -0.15) is 0 Å². The normalized spacial score (nSPS) is 15.9. The number of halogens is 1. The third kappa shape index (κ3) is 3.95. The summed E-state index contributed by atoms with van der Waals surface area (Å²) in [5.41, 5.74) is 0.578. The van der Waals surface area contributed by atoms with E-state index in [9.17, 15) is 9.59 Å². The van der Waals surface area contributed by atoms with Crippen molar-refractivity contribution in [2.75, 3.05) is 44.7 Å². The third-order valence-corrected chi connectivity index (χ3v) is 3.99. The first kappa shape index (κ1) is 15.8. The fourth-order valence-electron chi connectivity index (χ4n) is 2.33. The summed E-state index contributed by atoms with van der Waals surface area (Å²) in [6, 6.07) is 7.07. The van der Waals surface area contributed by atoms with E-state index < -0.39 is 0 Å². The molecule has 0 N–H and O–H groups in total. The van der Waals surface area contributed by atoms with Crippen LogP contribution in [0, 0.1) is 0 Å². The molecule has 0 saturated carbocycles. The molecule has 1 aromatic rings. The van der Waals surface area contributed by atoms with Crippen molar-refractivity contribution in [2.24, 2.45) is 0 Å². The number of hydrogen-bond donors (Lipinski definition) is 0. The lowest BCUT2D eigenvalue weighted by molar-refractivity contribution is -0.132. The molecule has 2 amide bonds. The van der Waals surface area contributed by atoms with Gasteiger partial charge in [0.25, 0.3) is 0 Å². The zero-order valence-electron chi connectivity index (χ0n) is 12.4. The van der Waals surface area contributed by atoms with Crippen molar-refractivity contribution >= 4 is 29.1 Å². The third-order valence-electron chi connectivity index (χ3n) is 3.67. The van der Waals surface area contributed by atoms with Crippen molar-refractivity contribution in [3.8, 4) is 0 Å². The molecule has 0 unspecified atom stereocenters. The predicted octanol–water partition coefficient (Wildman–Crippen LogP) is 1.47. The molecule has 1 aliphatic rings. The Labute approximate surface area is 130 Å². The Morgan fingerprint density at radius 2 is 1.81 bits per heavy atom. The van der Waals surface area contributed by atoms with Crippen molar-refractivity contribution in [2.45, 2.75) is 6.92 Å². The molecule has 0 radical (unpaired) electrons. The summed E-state index contributed by atoms with van der Waals surface area (Å²) in [6.45, 7) is 4.59. The van der Waals surface area contributed by atoms with Gasteiger partial charge in [0.1, 0.15) is 6.54 Å². The molecular formula is C15H20ClN3O2. The number of para-hydroxylation sites is 1. The first-order valence-corrected chi connectivity index (χ1v) is 7.36. The molecule has 5 nitrogen and oxygen atoms in total. The number of piperazine rings is 1. The first-order valence-electron chi connectivity index (χ1n) is 6.98. The second kappa shape index (κ2) is 6.91. The van der Waals surface area contributed by atoms with Crippen LogP contribution in [0.25, 0.3) is 0 Å². The maximum atomic E-state index is 12.4. The molecule has 21 heavy (non-hydrogen) atoms. The lowest BCUT2D eigenvalue weighted by Gasteiger charge is -2.34. The van der Waals surface area contributed by atoms with Crippen LogP contribution < -0.4 is 4.90 Å². The van der Waals surface area contributed by atoms with Crippen LogP contribution in [0.4, 0.5) is 5.69 Å². The minimum absolute atomic E-state index is 0.0305. The zero-order valence-corrected chi connectivity index (χ0v) is 13.1. The molecule has 2 rings (SSSR count). The summed E-state index contributed by atoms with van der Waals surface area (Å²) in [7, 11) is 2.04. The number of amides is 2. The fourth-order valence-corrected chi connectivity index (χ4v) is 2.57. The number of carbonyl (C=O) groups excluding carboxylic acids is 2. The molecule has 0 aromatic heterocycles. The Morgan fingerprint density at radius 1 is 1.19 bits per heavy atom. The summed E-state index contributed by atoms with van der Waals surface area (Å²) in [5.74, 6) is -0.233. The molecule has 1 saturated heterocycles. The van der Waals surface area contributed by atoms with E-state index in [-0.39, 0.29) is 18.4 Å². The Kier molecular flexibility index (Phi) is 5.20. The van der Waals surface area contributed by atoms with Crippen LogP contribution in [0.1, 0.15) is 6.92 Å². The van der Waals surface area contributed by atoms with Crippen LogP contribution in [0.5, 0.6) is 0 Å². The summed E-state index contributed by atoms with van der Waals surface area (Å²) in [4.78, 5) is 29.6. The van der Waals surface area contributed by atoms with E-state index in [0.717, 1.165) is 13.1 Å². The average Bonchev–Trinajstić information content (AvgIpc) is 2.46. The molecular weight excluding hydrogens is 290 g/mol. The Hall–Kier alpha value is -1.59. The van der Waals surface area contributed by atoms with Crippen LogP contribution in [0.3, 0.4) is 0 Å². The fraction of sp³-hybridized carbons (Fsp3) is 0.467. The van der Waals surface area contributed by atoms with Crippen LogP contribution in [0.2, 0.25) is 5.02 Å². The van der Waals surface area contributed by atoms with E-state index >= 15 is 0 Å². The number of carbonyl (C=O) groups is 2. The van der Waals surface area contributed by atoms with E-state index in [1.165, 1.54) is 11.8 Å². The standard InChI is InChI=1S/C15H20ClN3O2/c1-12(20)19(14-6-4-3-5-13(14)16)11-15(21)18-9-7-17(2)8-10-18/h3-6H,7-11H2,1-2H3. The van der Waals surface area contributed by atoms with Crippen molar-refractivity contribution < 1.29 is 9.59 Å². The Morgan fingerprint density at radius 3 is 2.38 bits per heavy atom. The molecule has 1 aromatic carbocycles. The number of anilines is 1. The van der Waals surface area contributed by atoms with Gasteiger partial charge in [-0.25, -0.2) is 0 Å². The second-order valence-electron chi connectivity index (χ2n) is 5.24. The van der Waals surface area contributed by atoms with E-state index in [4.69, 9.17) is 11.6 Å². The minimum Gasteiger partial charge on any atom is -0.339 e. The van der Waals surface area contributed by atoms with Gasteiger partial charge in [0.05, 0.1) is 10.7 Å². The molecule has 1 heterocycles. The Bertz CT molecular complexity index is 527. The van der Waals surface area contributed by atoms with Gasteiger partial charge in [0, 0.05) is 33.1 Å². The van der Waals surface area contributed by atoms with Gasteiger partial charge in [-0.1, -0.05) is 23.7 Å². The molecule has 114 valence electrons. The minimum atomic E-state index is -0.189. The molecule has 0 aliphatic carbocycles. The maximum Gasteiger partial charge on any atom is 0.242 e. The lowest BCUT2D eigenvalue weighted by Crippen LogP contribution is -2.50. The summed E-state index contributed by atoms with van der Waals surface area (Å²) < 4.78 is 0. The van der Waals surface area contributed by atoms with Gasteiger partial charge in [-0.05, 0) is 19.2 Å². The predicted molar refractivity (Wildman–Crippen MR) is 83.6 cm³/mol. The van der Waals surface area contributed by atoms with Crippen LogP contribution in [0.15, 0.2) is 24.3 Å². The van der Waals surface area contributed by atoms with Crippen molar-refractivity contribution in [1.29, 1.82) is 0 Å². The van der Waals surface area contributed by atoms with E-state index in [1.807, 2.05) is 7.05 Å². The molecule has 6 heteroatoms. The zero-order chi connectivity index (χ0) is 15.4. The van der Waals surface area contributed by atoms with Gasteiger partial charge >= 0.3 is 0 Å². The van der Waals surface area contributed by atoms with E-state index in [2.05, 4.69) is 4.90 Å². The monoisotopic (exact) mass is 309 g/mol. The van der Waals surface area contributed by atoms with E-state index in [0.29, 0.717) is 23.8 Å². The van der Waals surface area contributed by atoms with Crippen molar-refractivity contribution in [3.05, 3.63) is 29.3 Å². The molecule has 0 atom stereocenters. The highest BCUT2D eigenvalue weighted by atomic mass is 35.5. The van der Waals surface area contributed by atoms with E-state index in [1.54, 1.807) is 29.2 Å². The summed E-state index contributed by atoms with van der Waals surface area (Å²) >= 11 is 6.13. The van der Waals surface area contributed by atoms with Crippen LogP contribution in [-0.4, -0.2) is 61.4 Å². The number of likely N-dealkylation sites (N-methyl/N-ethyl adjacent to an activating group) is 1. The van der Waals surface area contributed by atoms with Gasteiger partial charge < -0.3 is 14.7 Å². The van der Waals surface area contributed by atoms with Crippen molar-refractivity contribution in [3.63, 3.8) is 0 Å². The molecule has 0 bridgehead atoms. The van der Waals surface area contributed by atoms with Gasteiger partial charge in [0.2, 0.25) is 11.8 Å². The van der Waals surface area contributed by atoms with Crippen molar-refractivity contribution in [1.82, 2.24) is 9.80 Å². The van der Waals surface area contributed by atoms with Crippen LogP contribution >= 0.6 is 11.6 Å². The number of rotatable bonds is 3. The topological polar surface area (TPSA) is 43.9 Å². The maximum absolute atomic E-state index is 12.4. The molecule has 1 fully saturated rings. The first-order chi connectivity index (χ1) is 9.99. The highest BCUT2D eigenvalue weighted by Crippen LogP contribution is 2.25. The number of nitrogens with zero attached hydrogens (tertiary/aromatic N) is 3. The smallest absolute Gasteiger partial charge is 0.242 e. The lowest BCUT2D eigenvalue weighted by atomic mass is 10.2. The quantitative estimate of drug-likeness (QED) is 0.849. The highest BCUT2D eigenvalue weighted by molar-refractivity contribution is 6.33. The summed E-state index contributed by atoms with van der Waals surface area (Å²) in [5, 5.41) is 0.471. The number of benzene rings is 1. The van der Waals surface area contributed by atoms with Gasteiger partial charge in [0.15, 0.2) is 0 Å². The summed E-state index contributed by atoms with van der Waals surface area (Å²) in [6.07, 6.45) is 0. The largest absolute Gasteiger partial charge is 0.339 e. The molecule has 0 spiro atoms. The van der Waals surface area contributed by atoms with Crippen LogP contribution in [-0.2, 0) is 9.59 Å². The average molecular weight is 310 g/mol. The van der Waals surface area contributed by atoms with Gasteiger partial charge in [-0.3, -0.25) is 9.59 Å². The molecule has 1 aliphatic heterocycles. The number of hydrogen-bond acceptors (Lipinski definition) is 3. The Balaban J connectivity index is 2.08. The van der Waals surface area contributed by atoms with Gasteiger partial charge in [-0.15, -0.1) is 0 Å². The SMILES string of the molecule is CC(=O)N(CC(=O)N1CCN(C)CC1)c1ccccc1Cl. The highest BCUT2D eigenvalue weighted by Gasteiger charge is 2.24.